The summed E-state index contributed by atoms with van der Waals surface area (Å²) in [5.74, 6) is 0.0158. The molecule has 2 rings (SSSR count). The zero-order valence-corrected chi connectivity index (χ0v) is 12.3. The van der Waals surface area contributed by atoms with E-state index in [9.17, 15) is 9.59 Å². The fourth-order valence-electron chi connectivity index (χ4n) is 1.83. The highest BCUT2D eigenvalue weighted by molar-refractivity contribution is 5.94. The molecular weight excluding hydrogens is 284 g/mol. The van der Waals surface area contributed by atoms with Gasteiger partial charge in [-0.25, -0.2) is 4.79 Å². The summed E-state index contributed by atoms with van der Waals surface area (Å²) in [5.41, 5.74) is 1.49. The van der Waals surface area contributed by atoms with E-state index in [2.05, 4.69) is 15.0 Å². The van der Waals surface area contributed by atoms with Gasteiger partial charge >= 0.3 is 5.97 Å². The van der Waals surface area contributed by atoms with E-state index in [4.69, 9.17) is 4.74 Å². The van der Waals surface area contributed by atoms with Crippen molar-refractivity contribution in [2.24, 2.45) is 0 Å². The van der Waals surface area contributed by atoms with Crippen LogP contribution < -0.4 is 10.1 Å². The lowest BCUT2D eigenvalue weighted by atomic mass is 10.2. The molecule has 0 aliphatic rings. The summed E-state index contributed by atoms with van der Waals surface area (Å²) in [7, 11) is 2.88. The lowest BCUT2D eigenvalue weighted by Crippen LogP contribution is -2.23. The van der Waals surface area contributed by atoms with Gasteiger partial charge in [-0.3, -0.25) is 9.78 Å². The van der Waals surface area contributed by atoms with Gasteiger partial charge in [0.2, 0.25) is 0 Å². The first kappa shape index (κ1) is 15.5. The fraction of sp³-hybridized carbons (Fsp3) is 0.188. The highest BCUT2D eigenvalue weighted by atomic mass is 16.5. The van der Waals surface area contributed by atoms with Crippen LogP contribution in [0.4, 0.5) is 0 Å². The van der Waals surface area contributed by atoms with Crippen molar-refractivity contribution < 1.29 is 19.1 Å². The van der Waals surface area contributed by atoms with E-state index < -0.39 is 5.97 Å². The van der Waals surface area contributed by atoms with Crippen LogP contribution in [0.3, 0.4) is 0 Å². The zero-order valence-electron chi connectivity index (χ0n) is 12.3. The third-order valence-corrected chi connectivity index (χ3v) is 3.02. The van der Waals surface area contributed by atoms with Crippen LogP contribution in [-0.4, -0.2) is 31.1 Å². The SMILES string of the molecule is COC(=O)c1ccnc(CNC(=O)c2ccc(OC)cc2)c1. The van der Waals surface area contributed by atoms with Gasteiger partial charge in [0.25, 0.3) is 5.91 Å². The normalized spacial score (nSPS) is 9.91. The van der Waals surface area contributed by atoms with E-state index in [1.165, 1.54) is 13.3 Å². The van der Waals surface area contributed by atoms with E-state index in [0.29, 0.717) is 22.6 Å². The fourth-order valence-corrected chi connectivity index (χ4v) is 1.83. The van der Waals surface area contributed by atoms with Gasteiger partial charge < -0.3 is 14.8 Å². The molecular formula is C16H16N2O4. The zero-order chi connectivity index (χ0) is 15.9. The first-order valence-electron chi connectivity index (χ1n) is 6.59. The van der Waals surface area contributed by atoms with Gasteiger partial charge in [0, 0.05) is 11.8 Å². The smallest absolute Gasteiger partial charge is 0.337 e. The number of nitrogens with one attached hydrogen (secondary N) is 1. The molecule has 1 N–H and O–H groups in total. The molecule has 0 bridgehead atoms. The molecule has 6 heteroatoms. The number of carbonyl (C=O) groups excluding carboxylic acids is 2. The maximum atomic E-state index is 12.0. The number of carbonyl (C=O) groups is 2. The Kier molecular flexibility index (Phi) is 5.08. The van der Waals surface area contributed by atoms with Crippen LogP contribution in [0, 0.1) is 0 Å². The molecule has 0 saturated heterocycles. The minimum Gasteiger partial charge on any atom is -0.497 e. The molecule has 1 heterocycles. The Morgan fingerprint density at radius 2 is 1.82 bits per heavy atom. The summed E-state index contributed by atoms with van der Waals surface area (Å²) >= 11 is 0. The number of esters is 1. The van der Waals surface area contributed by atoms with Crippen LogP contribution in [0.1, 0.15) is 26.4 Å². The molecule has 0 saturated carbocycles. The van der Waals surface area contributed by atoms with E-state index in [1.54, 1.807) is 43.5 Å². The number of pyridine rings is 1. The van der Waals surface area contributed by atoms with Crippen molar-refractivity contribution in [2.45, 2.75) is 6.54 Å². The lowest BCUT2D eigenvalue weighted by Gasteiger charge is -2.07. The van der Waals surface area contributed by atoms with E-state index in [1.807, 2.05) is 0 Å². The molecule has 0 unspecified atom stereocenters. The molecule has 0 aliphatic carbocycles. The summed E-state index contributed by atoms with van der Waals surface area (Å²) in [6.07, 6.45) is 1.50. The number of rotatable bonds is 5. The average Bonchev–Trinajstić information content (AvgIpc) is 2.59. The molecule has 0 atom stereocenters. The van der Waals surface area contributed by atoms with Gasteiger partial charge in [-0.1, -0.05) is 0 Å². The number of methoxy groups -OCH3 is 2. The Labute approximate surface area is 128 Å². The molecule has 114 valence electrons. The Morgan fingerprint density at radius 1 is 1.09 bits per heavy atom. The Hall–Kier alpha value is -2.89. The van der Waals surface area contributed by atoms with Crippen LogP contribution in [-0.2, 0) is 11.3 Å². The Bertz CT molecular complexity index is 668. The van der Waals surface area contributed by atoms with Crippen LogP contribution in [0.25, 0.3) is 0 Å². The standard InChI is InChI=1S/C16H16N2O4/c1-21-14-5-3-11(4-6-14)15(19)18-10-13-9-12(7-8-17-13)16(20)22-2/h3-9H,10H2,1-2H3,(H,18,19). The monoisotopic (exact) mass is 300 g/mol. The molecule has 0 spiro atoms. The third kappa shape index (κ3) is 3.82. The maximum absolute atomic E-state index is 12.0. The molecule has 1 aromatic carbocycles. The first-order chi connectivity index (χ1) is 10.6. The van der Waals surface area contributed by atoms with Crippen LogP contribution in [0.5, 0.6) is 5.75 Å². The number of benzene rings is 1. The summed E-state index contributed by atoms with van der Waals surface area (Å²) < 4.78 is 9.68. The molecule has 2 aromatic rings. The molecule has 6 nitrogen and oxygen atoms in total. The topological polar surface area (TPSA) is 77.5 Å². The summed E-state index contributed by atoms with van der Waals surface area (Å²) in [6, 6.07) is 9.91. The van der Waals surface area contributed by atoms with Crippen molar-refractivity contribution in [3.8, 4) is 5.75 Å². The molecule has 1 amide bonds. The molecule has 0 fully saturated rings. The quantitative estimate of drug-likeness (QED) is 0.852. The van der Waals surface area contributed by atoms with Crippen molar-refractivity contribution >= 4 is 11.9 Å². The number of hydrogen-bond donors (Lipinski definition) is 1. The van der Waals surface area contributed by atoms with Crippen molar-refractivity contribution in [1.82, 2.24) is 10.3 Å². The van der Waals surface area contributed by atoms with Gasteiger partial charge in [0.15, 0.2) is 0 Å². The Morgan fingerprint density at radius 3 is 2.45 bits per heavy atom. The highest BCUT2D eigenvalue weighted by Gasteiger charge is 2.09. The largest absolute Gasteiger partial charge is 0.497 e. The third-order valence-electron chi connectivity index (χ3n) is 3.02. The molecule has 0 radical (unpaired) electrons. The van der Waals surface area contributed by atoms with Gasteiger partial charge in [0.1, 0.15) is 5.75 Å². The average molecular weight is 300 g/mol. The van der Waals surface area contributed by atoms with Gasteiger partial charge in [0.05, 0.1) is 32.0 Å². The van der Waals surface area contributed by atoms with Crippen molar-refractivity contribution in [3.05, 3.63) is 59.4 Å². The number of aromatic nitrogens is 1. The highest BCUT2D eigenvalue weighted by Crippen LogP contribution is 2.11. The van der Waals surface area contributed by atoms with Gasteiger partial charge in [-0.2, -0.15) is 0 Å². The number of nitrogens with zero attached hydrogens (tertiary/aromatic N) is 1. The van der Waals surface area contributed by atoms with E-state index in [-0.39, 0.29) is 12.5 Å². The maximum Gasteiger partial charge on any atom is 0.337 e. The number of amides is 1. The van der Waals surface area contributed by atoms with Gasteiger partial charge in [-0.05, 0) is 36.4 Å². The predicted octanol–water partition coefficient (Wildman–Crippen LogP) is 1.81. The van der Waals surface area contributed by atoms with Crippen LogP contribution >= 0.6 is 0 Å². The lowest BCUT2D eigenvalue weighted by molar-refractivity contribution is 0.0600. The second-order valence-corrected chi connectivity index (χ2v) is 4.44. The van der Waals surface area contributed by atoms with Crippen LogP contribution in [0.15, 0.2) is 42.6 Å². The summed E-state index contributed by atoms with van der Waals surface area (Å²) in [5, 5.41) is 2.74. The van der Waals surface area contributed by atoms with E-state index in [0.717, 1.165) is 0 Å². The van der Waals surface area contributed by atoms with Crippen molar-refractivity contribution in [2.75, 3.05) is 14.2 Å². The minimum absolute atomic E-state index is 0.218. The summed E-state index contributed by atoms with van der Waals surface area (Å²) in [4.78, 5) is 27.6. The molecule has 0 aliphatic heterocycles. The van der Waals surface area contributed by atoms with Crippen molar-refractivity contribution in [3.63, 3.8) is 0 Å². The predicted molar refractivity (Wildman–Crippen MR) is 79.7 cm³/mol. The van der Waals surface area contributed by atoms with E-state index >= 15 is 0 Å². The minimum atomic E-state index is -0.440. The first-order valence-corrected chi connectivity index (χ1v) is 6.59. The summed E-state index contributed by atoms with van der Waals surface area (Å²) in [6.45, 7) is 0.218. The number of ether oxygens (including phenoxy) is 2. The second-order valence-electron chi connectivity index (χ2n) is 4.44. The molecule has 22 heavy (non-hydrogen) atoms. The van der Waals surface area contributed by atoms with Crippen molar-refractivity contribution in [1.29, 1.82) is 0 Å². The second kappa shape index (κ2) is 7.21. The molecule has 1 aromatic heterocycles. The Balaban J connectivity index is 1.99. The van der Waals surface area contributed by atoms with Gasteiger partial charge in [-0.15, -0.1) is 0 Å². The number of hydrogen-bond acceptors (Lipinski definition) is 5. The van der Waals surface area contributed by atoms with Crippen LogP contribution in [0.2, 0.25) is 0 Å².